The highest BCUT2D eigenvalue weighted by Gasteiger charge is 2.34. The highest BCUT2D eigenvalue weighted by Crippen LogP contribution is 2.31. The second kappa shape index (κ2) is 5.75. The zero-order valence-corrected chi connectivity index (χ0v) is 10.8. The third kappa shape index (κ3) is 4.03. The van der Waals surface area contributed by atoms with Gasteiger partial charge in [-0.3, -0.25) is 4.79 Å². The maximum absolute atomic E-state index is 11.4. The van der Waals surface area contributed by atoms with Crippen LogP contribution in [0.5, 0.6) is 0 Å². The minimum absolute atomic E-state index is 0.0887. The van der Waals surface area contributed by atoms with Crippen molar-refractivity contribution in [3.63, 3.8) is 0 Å². The van der Waals surface area contributed by atoms with Crippen molar-refractivity contribution in [1.82, 2.24) is 10.2 Å². The van der Waals surface area contributed by atoms with Crippen LogP contribution in [-0.2, 0) is 4.79 Å². The first kappa shape index (κ1) is 12.8. The molecule has 2 unspecified atom stereocenters. The van der Waals surface area contributed by atoms with Crippen molar-refractivity contribution in [2.24, 2.45) is 0 Å². The van der Waals surface area contributed by atoms with E-state index in [1.807, 2.05) is 11.9 Å². The van der Waals surface area contributed by atoms with E-state index < -0.39 is 0 Å². The van der Waals surface area contributed by atoms with Gasteiger partial charge in [0.05, 0.1) is 5.37 Å². The van der Waals surface area contributed by atoms with Crippen LogP contribution in [0.1, 0.15) is 39.5 Å². The molecule has 0 aromatic carbocycles. The number of hydrogen-bond acceptors (Lipinski definition) is 3. The predicted octanol–water partition coefficient (Wildman–Crippen LogP) is 1.64. The lowest BCUT2D eigenvalue weighted by Gasteiger charge is -2.28. The van der Waals surface area contributed by atoms with E-state index in [0.717, 1.165) is 25.7 Å². The number of carbonyl (C=O) groups excluding carboxylic acids is 1. The fourth-order valence-electron chi connectivity index (χ4n) is 1.75. The quantitative estimate of drug-likeness (QED) is 0.537. The number of thiol groups is 1. The molecule has 0 radical (unpaired) electrons. The van der Waals surface area contributed by atoms with E-state index in [0.29, 0.717) is 12.1 Å². The van der Waals surface area contributed by atoms with E-state index in [9.17, 15) is 4.79 Å². The Morgan fingerprint density at radius 1 is 1.53 bits per heavy atom. The maximum Gasteiger partial charge on any atom is 0.220 e. The molecule has 3 nitrogen and oxygen atoms in total. The van der Waals surface area contributed by atoms with Crippen LogP contribution in [0.25, 0.3) is 0 Å². The summed E-state index contributed by atoms with van der Waals surface area (Å²) in [5.74, 6) is 0.162. The molecule has 0 aliphatic heterocycles. The summed E-state index contributed by atoms with van der Waals surface area (Å²) in [5, 5.41) is 3.28. The molecule has 1 saturated carbocycles. The van der Waals surface area contributed by atoms with Crippen molar-refractivity contribution in [2.75, 3.05) is 7.05 Å². The first-order chi connectivity index (χ1) is 7.06. The van der Waals surface area contributed by atoms with Gasteiger partial charge in [-0.1, -0.05) is 0 Å². The molecule has 0 bridgehead atoms. The summed E-state index contributed by atoms with van der Waals surface area (Å²) in [6.07, 6.45) is 4.32. The Labute approximate surface area is 98.0 Å². The molecule has 2 atom stereocenters. The van der Waals surface area contributed by atoms with Crippen molar-refractivity contribution < 1.29 is 4.79 Å². The van der Waals surface area contributed by atoms with Gasteiger partial charge in [-0.05, 0) is 39.7 Å². The number of amides is 1. The summed E-state index contributed by atoms with van der Waals surface area (Å²) < 4.78 is 0. The zero-order valence-electron chi connectivity index (χ0n) is 9.86. The van der Waals surface area contributed by atoms with Gasteiger partial charge < -0.3 is 10.2 Å². The molecule has 4 heteroatoms. The van der Waals surface area contributed by atoms with E-state index in [-0.39, 0.29) is 11.3 Å². The molecular weight excluding hydrogens is 208 g/mol. The fraction of sp³-hybridized carbons (Fsp3) is 0.909. The summed E-state index contributed by atoms with van der Waals surface area (Å²) in [4.78, 5) is 13.4. The Bertz CT molecular complexity index is 219. The van der Waals surface area contributed by atoms with Gasteiger partial charge in [-0.25, -0.2) is 0 Å². The average molecular weight is 230 g/mol. The van der Waals surface area contributed by atoms with Crippen molar-refractivity contribution in [3.05, 3.63) is 0 Å². The van der Waals surface area contributed by atoms with Gasteiger partial charge in [-0.2, -0.15) is 12.6 Å². The lowest BCUT2D eigenvalue weighted by atomic mass is 10.1. The molecule has 1 fully saturated rings. The Hall–Kier alpha value is -0.220. The SMILES string of the molecule is CNC(C)CCC(S)N(C(C)=O)C1CC1. The number of hydrogen-bond donors (Lipinski definition) is 2. The smallest absolute Gasteiger partial charge is 0.220 e. The van der Waals surface area contributed by atoms with Crippen LogP contribution in [0.3, 0.4) is 0 Å². The van der Waals surface area contributed by atoms with Crippen molar-refractivity contribution >= 4 is 18.5 Å². The Kier molecular flexibility index (Phi) is 4.93. The van der Waals surface area contributed by atoms with Crippen molar-refractivity contribution in [2.45, 2.75) is 57.0 Å². The number of nitrogens with one attached hydrogen (secondary N) is 1. The minimum atomic E-state index is 0.0887. The summed E-state index contributed by atoms with van der Waals surface area (Å²) in [6.45, 7) is 3.79. The molecule has 0 saturated heterocycles. The molecule has 0 aromatic heterocycles. The van der Waals surface area contributed by atoms with Crippen molar-refractivity contribution in [3.8, 4) is 0 Å². The highest BCUT2D eigenvalue weighted by atomic mass is 32.1. The second-order valence-corrected chi connectivity index (χ2v) is 5.00. The van der Waals surface area contributed by atoms with Gasteiger partial charge in [-0.15, -0.1) is 0 Å². The van der Waals surface area contributed by atoms with E-state index in [1.165, 1.54) is 0 Å². The molecule has 0 spiro atoms. The molecule has 15 heavy (non-hydrogen) atoms. The highest BCUT2D eigenvalue weighted by molar-refractivity contribution is 7.80. The molecule has 1 rings (SSSR count). The van der Waals surface area contributed by atoms with Crippen LogP contribution in [0.2, 0.25) is 0 Å². The van der Waals surface area contributed by atoms with Crippen LogP contribution >= 0.6 is 12.6 Å². The average Bonchev–Trinajstić information content (AvgIpc) is 2.98. The molecule has 1 aliphatic rings. The summed E-state index contributed by atoms with van der Waals surface area (Å²) in [6, 6.07) is 0.961. The van der Waals surface area contributed by atoms with Gasteiger partial charge in [0.1, 0.15) is 0 Å². The van der Waals surface area contributed by atoms with Crippen molar-refractivity contribution in [1.29, 1.82) is 0 Å². The van der Waals surface area contributed by atoms with Gasteiger partial charge in [0, 0.05) is 19.0 Å². The number of carbonyl (C=O) groups is 1. The maximum atomic E-state index is 11.4. The molecule has 88 valence electrons. The van der Waals surface area contributed by atoms with Gasteiger partial charge >= 0.3 is 0 Å². The molecule has 0 aromatic rings. The van der Waals surface area contributed by atoms with Crippen LogP contribution in [0.15, 0.2) is 0 Å². The van der Waals surface area contributed by atoms with Crippen LogP contribution in [-0.4, -0.2) is 35.3 Å². The Morgan fingerprint density at radius 3 is 2.53 bits per heavy atom. The van der Waals surface area contributed by atoms with E-state index in [2.05, 4.69) is 24.9 Å². The predicted molar refractivity (Wildman–Crippen MR) is 66.1 cm³/mol. The fourth-order valence-corrected chi connectivity index (χ4v) is 2.25. The summed E-state index contributed by atoms with van der Waals surface area (Å²) >= 11 is 4.53. The standard InChI is InChI=1S/C11H22N2OS/c1-8(12-3)4-7-11(15)13(9(2)14)10-5-6-10/h8,10-12,15H,4-7H2,1-3H3. The van der Waals surface area contributed by atoms with Crippen LogP contribution in [0.4, 0.5) is 0 Å². The Balaban J connectivity index is 2.35. The third-order valence-electron chi connectivity index (χ3n) is 2.98. The second-order valence-electron chi connectivity index (χ2n) is 4.41. The van der Waals surface area contributed by atoms with Gasteiger partial charge in [0.15, 0.2) is 0 Å². The largest absolute Gasteiger partial charge is 0.328 e. The van der Waals surface area contributed by atoms with E-state index in [4.69, 9.17) is 0 Å². The Morgan fingerprint density at radius 2 is 2.13 bits per heavy atom. The monoisotopic (exact) mass is 230 g/mol. The van der Waals surface area contributed by atoms with Gasteiger partial charge in [0.2, 0.25) is 5.91 Å². The van der Waals surface area contributed by atoms with Crippen LogP contribution < -0.4 is 5.32 Å². The topological polar surface area (TPSA) is 32.3 Å². The normalized spacial score (nSPS) is 19.7. The zero-order chi connectivity index (χ0) is 11.4. The summed E-state index contributed by atoms with van der Waals surface area (Å²) in [5.41, 5.74) is 0. The first-order valence-electron chi connectivity index (χ1n) is 5.70. The summed E-state index contributed by atoms with van der Waals surface area (Å²) in [7, 11) is 1.96. The number of nitrogens with zero attached hydrogens (tertiary/aromatic N) is 1. The molecule has 1 N–H and O–H groups in total. The van der Waals surface area contributed by atoms with Gasteiger partial charge in [0.25, 0.3) is 0 Å². The van der Waals surface area contributed by atoms with Crippen LogP contribution in [0, 0.1) is 0 Å². The lowest BCUT2D eigenvalue weighted by molar-refractivity contribution is -0.130. The molecule has 0 heterocycles. The van der Waals surface area contributed by atoms with E-state index in [1.54, 1.807) is 6.92 Å². The van der Waals surface area contributed by atoms with E-state index >= 15 is 0 Å². The molecule has 1 aliphatic carbocycles. The molecule has 1 amide bonds. The third-order valence-corrected chi connectivity index (χ3v) is 3.48. The molecular formula is C11H22N2OS. The first-order valence-corrected chi connectivity index (χ1v) is 6.22. The number of rotatable bonds is 6. The minimum Gasteiger partial charge on any atom is -0.328 e. The lowest BCUT2D eigenvalue weighted by Crippen LogP contribution is -2.38.